The normalized spacial score (nSPS) is 13.0. The van der Waals surface area contributed by atoms with Crippen molar-refractivity contribution in [2.45, 2.75) is 19.3 Å². The first-order valence-electron chi connectivity index (χ1n) is 21.1. The Morgan fingerprint density at radius 3 is 1.32 bits per heavy atom. The van der Waals surface area contributed by atoms with Gasteiger partial charge in [0.15, 0.2) is 8.07 Å². The molecule has 284 valence electrons. The Morgan fingerprint density at radius 2 is 0.717 bits per heavy atom. The molecule has 0 unspecified atom stereocenters. The molecule has 11 rings (SSSR count). The Balaban J connectivity index is 1.16. The summed E-state index contributed by atoms with van der Waals surface area (Å²) >= 11 is 0. The molecule has 0 heterocycles. The number of benzene rings is 10. The van der Waals surface area contributed by atoms with Crippen LogP contribution < -0.4 is 20.7 Å². The third-order valence-corrected chi connectivity index (χ3v) is 18.0. The predicted octanol–water partition coefficient (Wildman–Crippen LogP) is 12.7. The predicted molar refractivity (Wildman–Crippen MR) is 259 cm³/mol. The highest BCUT2D eigenvalue weighted by Gasteiger charge is 2.41. The highest BCUT2D eigenvalue weighted by atomic mass is 28.3. The van der Waals surface area contributed by atoms with E-state index in [-0.39, 0.29) is 5.41 Å². The van der Waals surface area contributed by atoms with E-state index in [4.69, 9.17) is 0 Å². The zero-order chi connectivity index (χ0) is 40.3. The van der Waals surface area contributed by atoms with Crippen LogP contribution in [0, 0.1) is 0 Å². The fourth-order valence-electron chi connectivity index (χ4n) is 10.4. The zero-order valence-corrected chi connectivity index (χ0v) is 34.9. The highest BCUT2D eigenvalue weighted by Crippen LogP contribution is 2.51. The van der Waals surface area contributed by atoms with Crippen molar-refractivity contribution in [3.63, 3.8) is 0 Å². The molecule has 10 aromatic rings. The van der Waals surface area contributed by atoms with Gasteiger partial charge in [-0.3, -0.25) is 0 Å². The first kappa shape index (κ1) is 36.0. The molecule has 0 N–H and O–H groups in total. The van der Waals surface area contributed by atoms with Gasteiger partial charge in [-0.15, -0.1) is 0 Å². The van der Waals surface area contributed by atoms with Crippen molar-refractivity contribution in [3.05, 3.63) is 242 Å². The summed E-state index contributed by atoms with van der Waals surface area (Å²) in [7, 11) is -2.67. The van der Waals surface area contributed by atoms with Crippen LogP contribution in [0.2, 0.25) is 0 Å². The molecule has 0 nitrogen and oxygen atoms in total. The van der Waals surface area contributed by atoms with Crippen LogP contribution in [0.3, 0.4) is 0 Å². The smallest absolute Gasteiger partial charge is 0.0623 e. The van der Waals surface area contributed by atoms with Gasteiger partial charge in [-0.1, -0.05) is 232 Å². The number of rotatable bonds is 7. The van der Waals surface area contributed by atoms with Crippen LogP contribution in [-0.2, 0) is 5.41 Å². The molecular weight excluding hydrogens is 737 g/mol. The van der Waals surface area contributed by atoms with Gasteiger partial charge in [0.2, 0.25) is 0 Å². The summed E-state index contributed by atoms with van der Waals surface area (Å²) in [6.07, 6.45) is 0. The van der Waals surface area contributed by atoms with Crippen molar-refractivity contribution in [1.82, 2.24) is 0 Å². The lowest BCUT2D eigenvalue weighted by Crippen LogP contribution is -2.74. The average Bonchev–Trinajstić information content (AvgIpc) is 3.55. The zero-order valence-electron chi connectivity index (χ0n) is 33.9. The van der Waals surface area contributed by atoms with E-state index in [9.17, 15) is 0 Å². The lowest BCUT2D eigenvalue weighted by molar-refractivity contribution is 0.660. The van der Waals surface area contributed by atoms with E-state index in [1.807, 2.05) is 0 Å². The maximum absolute atomic E-state index is 2.67. The molecule has 0 amide bonds. The second-order valence-corrected chi connectivity index (χ2v) is 20.6. The third kappa shape index (κ3) is 5.58. The second kappa shape index (κ2) is 14.3. The van der Waals surface area contributed by atoms with Crippen LogP contribution in [0.5, 0.6) is 0 Å². The Morgan fingerprint density at radius 1 is 0.283 bits per heavy atom. The Bertz CT molecular complexity index is 3090. The minimum atomic E-state index is -2.67. The van der Waals surface area contributed by atoms with Gasteiger partial charge in [-0.25, -0.2) is 0 Å². The fourth-order valence-corrected chi connectivity index (χ4v) is 15.2. The molecule has 0 spiro atoms. The molecule has 0 aromatic heterocycles. The maximum Gasteiger partial charge on any atom is 0.179 e. The van der Waals surface area contributed by atoms with Crippen molar-refractivity contribution >= 4 is 50.4 Å². The SMILES string of the molecule is CC1(C)c2ccccc2-c2ccc(-c3c4ccccc4c(-c4ccc([Si](c5ccccc5)(c5ccccc5)c5ccccc5)cc4)c4ccc(-c5ccccc5)cc34)cc21. The first-order valence-corrected chi connectivity index (χ1v) is 23.1. The topological polar surface area (TPSA) is 0 Å². The van der Waals surface area contributed by atoms with Gasteiger partial charge < -0.3 is 0 Å². The van der Waals surface area contributed by atoms with Crippen LogP contribution >= 0.6 is 0 Å². The molecule has 0 saturated carbocycles. The molecule has 0 fully saturated rings. The number of fused-ring (bicyclic) bond motifs is 5. The van der Waals surface area contributed by atoms with Gasteiger partial charge in [0.05, 0.1) is 0 Å². The second-order valence-electron chi connectivity index (χ2n) is 16.8. The van der Waals surface area contributed by atoms with Gasteiger partial charge >= 0.3 is 0 Å². The van der Waals surface area contributed by atoms with E-state index in [0.717, 1.165) is 0 Å². The summed E-state index contributed by atoms with van der Waals surface area (Å²) in [5.41, 5.74) is 12.9. The summed E-state index contributed by atoms with van der Waals surface area (Å²) in [4.78, 5) is 0. The minimum Gasteiger partial charge on any atom is -0.0623 e. The van der Waals surface area contributed by atoms with E-state index in [1.54, 1.807) is 0 Å². The molecule has 1 aliphatic rings. The van der Waals surface area contributed by atoms with Crippen molar-refractivity contribution in [2.24, 2.45) is 0 Å². The van der Waals surface area contributed by atoms with Crippen LogP contribution in [0.1, 0.15) is 25.0 Å². The average molecular weight is 781 g/mol. The van der Waals surface area contributed by atoms with Gasteiger partial charge in [0.25, 0.3) is 0 Å². The molecule has 1 heteroatoms. The largest absolute Gasteiger partial charge is 0.179 e. The van der Waals surface area contributed by atoms with E-state index < -0.39 is 8.07 Å². The molecule has 60 heavy (non-hydrogen) atoms. The molecular formula is C59H44Si. The van der Waals surface area contributed by atoms with Gasteiger partial charge in [0, 0.05) is 5.41 Å². The van der Waals surface area contributed by atoms with Gasteiger partial charge in [0.1, 0.15) is 0 Å². The molecule has 0 atom stereocenters. The fraction of sp³-hybridized carbons (Fsp3) is 0.0508. The lowest BCUT2D eigenvalue weighted by atomic mass is 9.80. The van der Waals surface area contributed by atoms with E-state index in [0.29, 0.717) is 0 Å². The van der Waals surface area contributed by atoms with Crippen LogP contribution in [-0.4, -0.2) is 8.07 Å². The van der Waals surface area contributed by atoms with Gasteiger partial charge in [-0.05, 0) is 110 Å². The molecule has 0 saturated heterocycles. The lowest BCUT2D eigenvalue weighted by Gasteiger charge is -2.34. The maximum atomic E-state index is 2.49. The first-order chi connectivity index (χ1) is 29.5. The summed E-state index contributed by atoms with van der Waals surface area (Å²) in [5.74, 6) is 0. The monoisotopic (exact) mass is 780 g/mol. The van der Waals surface area contributed by atoms with E-state index in [1.165, 1.54) is 97.9 Å². The molecule has 0 aliphatic heterocycles. The van der Waals surface area contributed by atoms with Crippen LogP contribution in [0.15, 0.2) is 231 Å². The quantitative estimate of drug-likeness (QED) is 0.0858. The Hall–Kier alpha value is -7.06. The number of hydrogen-bond donors (Lipinski definition) is 0. The highest BCUT2D eigenvalue weighted by molar-refractivity contribution is 7.19. The van der Waals surface area contributed by atoms with Crippen molar-refractivity contribution in [2.75, 3.05) is 0 Å². The third-order valence-electron chi connectivity index (χ3n) is 13.2. The van der Waals surface area contributed by atoms with Crippen molar-refractivity contribution in [3.8, 4) is 44.5 Å². The number of hydrogen-bond acceptors (Lipinski definition) is 0. The standard InChI is InChI=1S/C59H44Si/c1-59(2)55-30-18-17-27-49(55)50-37-34-44(40-56(50)59)58-52-29-16-15-28-51(52)57(53-38-33-43(39-54(53)58)41-19-7-3-8-20-41)42-31-35-48(36-32-42)60(45-21-9-4-10-22-45,46-23-11-5-12-24-46)47-25-13-6-14-26-47/h3-40H,1-2H3. The summed E-state index contributed by atoms with van der Waals surface area (Å²) in [6.45, 7) is 4.76. The van der Waals surface area contributed by atoms with Crippen LogP contribution in [0.25, 0.3) is 66.1 Å². The molecule has 10 aromatic carbocycles. The Labute approximate surface area is 354 Å². The minimum absolute atomic E-state index is 0.0950. The summed E-state index contributed by atoms with van der Waals surface area (Å²) in [5, 5.41) is 10.6. The van der Waals surface area contributed by atoms with Gasteiger partial charge in [-0.2, -0.15) is 0 Å². The molecule has 0 radical (unpaired) electrons. The van der Waals surface area contributed by atoms with Crippen LogP contribution in [0.4, 0.5) is 0 Å². The summed E-state index contributed by atoms with van der Waals surface area (Å²) < 4.78 is 0. The van der Waals surface area contributed by atoms with E-state index >= 15 is 0 Å². The summed E-state index contributed by atoms with van der Waals surface area (Å²) in [6, 6.07) is 86.4. The molecule has 1 aliphatic carbocycles. The molecule has 0 bridgehead atoms. The van der Waals surface area contributed by atoms with Crippen molar-refractivity contribution < 1.29 is 0 Å². The van der Waals surface area contributed by atoms with Crippen molar-refractivity contribution in [1.29, 1.82) is 0 Å². The van der Waals surface area contributed by atoms with E-state index in [2.05, 4.69) is 244 Å². The Kier molecular flexibility index (Phi) is 8.62.